The molecule has 0 amide bonds. The van der Waals surface area contributed by atoms with Gasteiger partial charge in [-0.05, 0) is 0 Å². The fourth-order valence-electron chi connectivity index (χ4n) is 0. The van der Waals surface area contributed by atoms with Crippen LogP contribution in [0.4, 0.5) is 4.70 Å². The first-order valence-corrected chi connectivity index (χ1v) is 2.93. The molecule has 0 saturated heterocycles. The predicted octanol–water partition coefficient (Wildman–Crippen LogP) is -0.945. The van der Waals surface area contributed by atoms with Crippen molar-refractivity contribution in [1.29, 1.82) is 0 Å². The van der Waals surface area contributed by atoms with Crippen LogP contribution >= 0.6 is 0 Å². The Morgan fingerprint density at radius 2 is 1.43 bits per heavy atom. The van der Waals surface area contributed by atoms with Gasteiger partial charge in [-0.15, -0.1) is 0 Å². The monoisotopic (exact) mass is 171 g/mol. The Morgan fingerprint density at radius 3 is 1.43 bits per heavy atom. The molecule has 0 saturated carbocycles. The fourth-order valence-corrected chi connectivity index (χ4v) is 0. The predicted molar refractivity (Wildman–Crippen MR) is 21.5 cm³/mol. The Morgan fingerprint density at radius 1 is 1.43 bits per heavy atom. The third-order valence-corrected chi connectivity index (χ3v) is 0. The molecule has 7 heavy (non-hydrogen) atoms. The van der Waals surface area contributed by atoms with Crippen LogP contribution in [0.1, 0.15) is 0 Å². The average molecular weight is 171 g/mol. The second-order valence-corrected chi connectivity index (χ2v) is 2.49. The third-order valence-electron chi connectivity index (χ3n) is 0. The molecule has 0 aromatic heterocycles. The van der Waals surface area contributed by atoms with E-state index in [9.17, 15) is 8.42 Å². The molecule has 2 N–H and O–H groups in total. The van der Waals surface area contributed by atoms with Gasteiger partial charge in [0.1, 0.15) is 0 Å². The van der Waals surface area contributed by atoms with Crippen LogP contribution in [0.2, 0.25) is 0 Å². The molecule has 3 nitrogen and oxygen atoms in total. The van der Waals surface area contributed by atoms with Crippen LogP contribution in [0.3, 0.4) is 0 Å². The van der Waals surface area contributed by atoms with Crippen molar-refractivity contribution < 1.29 is 30.2 Å². The minimum absolute atomic E-state index is 0. The third kappa shape index (κ3) is 935. The van der Waals surface area contributed by atoms with Gasteiger partial charge in [0.25, 0.3) is 0 Å². The van der Waals surface area contributed by atoms with E-state index in [-0.39, 0.29) is 21.8 Å². The summed E-state index contributed by atoms with van der Waals surface area (Å²) < 4.78 is 18.8. The van der Waals surface area contributed by atoms with Crippen LogP contribution in [0.15, 0.2) is 0 Å². The minimum Gasteiger partial charge on any atom is -0.269 e. The first-order valence-electron chi connectivity index (χ1n) is 0.977. The van der Waals surface area contributed by atoms with E-state index in [0.717, 1.165) is 6.26 Å². The summed E-state index contributed by atoms with van der Waals surface area (Å²) in [6, 6.07) is 0. The van der Waals surface area contributed by atoms with E-state index in [0.29, 0.717) is 0 Å². The number of primary sulfonamides is 1. The smallest absolute Gasteiger partial charge is 0.206 e. The van der Waals surface area contributed by atoms with E-state index in [2.05, 4.69) is 5.14 Å². The minimum atomic E-state index is -3.17. The zero-order chi connectivity index (χ0) is 4.50. The van der Waals surface area contributed by atoms with Crippen molar-refractivity contribution in [3.05, 3.63) is 0 Å². The normalized spacial score (nSPS) is 8.29. The first-order chi connectivity index (χ1) is 2.00. The maximum atomic E-state index is 9.41. The quantitative estimate of drug-likeness (QED) is 0.478. The number of sulfonamides is 1. The number of hydrogen-bond acceptors (Lipinski definition) is 2. The van der Waals surface area contributed by atoms with Crippen LogP contribution in [-0.2, 0) is 27.1 Å². The average Bonchev–Trinajstić information content (AvgIpc) is 0.722. The summed E-state index contributed by atoms with van der Waals surface area (Å²) in [5.74, 6) is 0. The van der Waals surface area contributed by atoms with Crippen LogP contribution < -0.4 is 5.14 Å². The van der Waals surface area contributed by atoms with Gasteiger partial charge in [0.2, 0.25) is 10.0 Å². The van der Waals surface area contributed by atoms with Gasteiger partial charge in [0, 0.05) is 17.1 Å². The number of nitrogens with two attached hydrogens (primary N) is 1. The van der Waals surface area contributed by atoms with Crippen molar-refractivity contribution >= 4 is 10.0 Å². The van der Waals surface area contributed by atoms with Gasteiger partial charge in [0.15, 0.2) is 0 Å². The van der Waals surface area contributed by atoms with Crippen LogP contribution in [0.25, 0.3) is 0 Å². The molecule has 0 atom stereocenters. The molecule has 0 radical (unpaired) electrons. The summed E-state index contributed by atoms with van der Waals surface area (Å²) in [7, 11) is -3.17. The zero-order valence-corrected chi connectivity index (χ0v) is 5.48. The second kappa shape index (κ2) is 4.52. The van der Waals surface area contributed by atoms with E-state index in [1.165, 1.54) is 0 Å². The number of hydrogen-bond donors (Lipinski definition) is 1. The van der Waals surface area contributed by atoms with Crippen LogP contribution in [-0.4, -0.2) is 14.7 Å². The summed E-state index contributed by atoms with van der Waals surface area (Å²) in [6.45, 7) is 0. The van der Waals surface area contributed by atoms with E-state index in [4.69, 9.17) is 0 Å². The van der Waals surface area contributed by atoms with Gasteiger partial charge in [-0.3, -0.25) is 4.70 Å². The van der Waals surface area contributed by atoms with E-state index in [1.807, 2.05) is 0 Å². The van der Waals surface area contributed by atoms with Crippen molar-refractivity contribution in [3.63, 3.8) is 0 Å². The van der Waals surface area contributed by atoms with Crippen molar-refractivity contribution in [1.82, 2.24) is 0 Å². The number of rotatable bonds is 0. The maximum Gasteiger partial charge on any atom is 0.206 e. The van der Waals surface area contributed by atoms with E-state index < -0.39 is 10.0 Å². The van der Waals surface area contributed by atoms with Gasteiger partial charge < -0.3 is 0 Å². The molecular formula is CH6FFeNO2S. The molecule has 0 unspecified atom stereocenters. The summed E-state index contributed by atoms with van der Waals surface area (Å²) in [6.07, 6.45) is 0.938. The molecule has 0 heterocycles. The van der Waals surface area contributed by atoms with E-state index >= 15 is 0 Å². The Labute approximate surface area is 52.2 Å². The van der Waals surface area contributed by atoms with Crippen molar-refractivity contribution in [3.8, 4) is 0 Å². The molecule has 48 valence electrons. The largest absolute Gasteiger partial charge is 0.269 e. The molecule has 0 aliphatic heterocycles. The molecule has 0 aliphatic carbocycles. The Hall–Kier alpha value is 0.359. The molecule has 0 rings (SSSR count). The van der Waals surface area contributed by atoms with Gasteiger partial charge >= 0.3 is 0 Å². The zero-order valence-electron chi connectivity index (χ0n) is 3.56. The fraction of sp³-hybridized carbons (Fsp3) is 1.00. The Balaban J connectivity index is -0.0000000800. The maximum absolute atomic E-state index is 9.41. The summed E-state index contributed by atoms with van der Waals surface area (Å²) in [5, 5.41) is 4.33. The molecule has 0 bridgehead atoms. The molecule has 0 aromatic rings. The van der Waals surface area contributed by atoms with Crippen LogP contribution in [0, 0.1) is 0 Å². The van der Waals surface area contributed by atoms with Gasteiger partial charge in [0.05, 0.1) is 6.26 Å². The Kier molecular flexibility index (Phi) is 10.1. The standard InChI is InChI=1S/CH5NO2S.FH.Fe/c1-5(2,3)4;;/h1H3,(H2,2,3,4);1H;. The van der Waals surface area contributed by atoms with Crippen molar-refractivity contribution in [2.75, 3.05) is 6.26 Å². The van der Waals surface area contributed by atoms with Crippen molar-refractivity contribution in [2.45, 2.75) is 0 Å². The van der Waals surface area contributed by atoms with Gasteiger partial charge in [-0.2, -0.15) is 0 Å². The molecule has 0 aliphatic rings. The number of halogens is 1. The summed E-state index contributed by atoms with van der Waals surface area (Å²) >= 11 is 0. The summed E-state index contributed by atoms with van der Waals surface area (Å²) in [5.41, 5.74) is 0. The van der Waals surface area contributed by atoms with Gasteiger partial charge in [-0.1, -0.05) is 0 Å². The molecular weight excluding hydrogens is 165 g/mol. The second-order valence-electron chi connectivity index (χ2n) is 0.830. The first kappa shape index (κ1) is 15.7. The SMILES string of the molecule is CS(N)(=O)=O.F.[Fe]. The molecule has 6 heteroatoms. The summed E-state index contributed by atoms with van der Waals surface area (Å²) in [4.78, 5) is 0. The topological polar surface area (TPSA) is 60.2 Å². The van der Waals surface area contributed by atoms with E-state index in [1.54, 1.807) is 0 Å². The van der Waals surface area contributed by atoms with Gasteiger partial charge in [-0.25, -0.2) is 13.6 Å². The molecule has 0 aromatic carbocycles. The van der Waals surface area contributed by atoms with Crippen LogP contribution in [0.5, 0.6) is 0 Å². The molecule has 0 spiro atoms. The Bertz CT molecular complexity index is 101. The van der Waals surface area contributed by atoms with Crippen molar-refractivity contribution in [2.24, 2.45) is 5.14 Å². The molecule has 0 fully saturated rings.